The van der Waals surface area contributed by atoms with Gasteiger partial charge in [-0.3, -0.25) is 0 Å². The fraction of sp³-hybridized carbons (Fsp3) is 0.600. The summed E-state index contributed by atoms with van der Waals surface area (Å²) in [5.74, 6) is -0.789. The Balaban J connectivity index is 2.45. The summed E-state index contributed by atoms with van der Waals surface area (Å²) in [7, 11) is 6.14. The third-order valence-corrected chi connectivity index (χ3v) is 4.08. The van der Waals surface area contributed by atoms with Gasteiger partial charge in [0.05, 0.1) is 32.1 Å². The lowest BCUT2D eigenvalue weighted by Crippen LogP contribution is -2.39. The van der Waals surface area contributed by atoms with Crippen LogP contribution in [0.3, 0.4) is 0 Å². The van der Waals surface area contributed by atoms with Crippen LogP contribution in [0.2, 0.25) is 0 Å². The summed E-state index contributed by atoms with van der Waals surface area (Å²) in [5.41, 5.74) is -0.215. The van der Waals surface area contributed by atoms with Crippen LogP contribution in [-0.4, -0.2) is 46.5 Å². The van der Waals surface area contributed by atoms with E-state index in [9.17, 15) is 9.59 Å². The first kappa shape index (κ1) is 16.4. The van der Waals surface area contributed by atoms with Crippen molar-refractivity contribution in [2.45, 2.75) is 31.4 Å². The first-order valence-corrected chi connectivity index (χ1v) is 7.09. The molecule has 0 aromatic carbocycles. The maximum absolute atomic E-state index is 12.0. The van der Waals surface area contributed by atoms with Gasteiger partial charge in [-0.1, -0.05) is 0 Å². The second kappa shape index (κ2) is 6.83. The molecule has 0 bridgehead atoms. The maximum atomic E-state index is 12.0. The Morgan fingerprint density at radius 3 is 2.64 bits per heavy atom. The van der Waals surface area contributed by atoms with Crippen molar-refractivity contribution in [1.29, 1.82) is 0 Å². The monoisotopic (exact) mass is 311 g/mol. The van der Waals surface area contributed by atoms with Gasteiger partial charge in [-0.2, -0.15) is 0 Å². The topological polar surface area (TPSA) is 78.2 Å². The number of esters is 1. The predicted octanol–water partition coefficient (Wildman–Crippen LogP) is 1.44. The second-order valence-electron chi connectivity index (χ2n) is 5.19. The Morgan fingerprint density at radius 2 is 2.05 bits per heavy atom. The lowest BCUT2D eigenvalue weighted by Gasteiger charge is -2.31. The first-order valence-electron chi connectivity index (χ1n) is 7.09. The SMILES string of the molecule is COC(=O)c1cc(N(C)[C@@H]2CCC[C@@H]2OC)c(OC)c(=O)o1. The predicted molar refractivity (Wildman–Crippen MR) is 79.7 cm³/mol. The number of anilines is 1. The standard InChI is InChI=1S/C15H21NO6/c1-16(9-6-5-7-11(9)19-2)10-8-12(14(17)21-4)22-15(18)13(10)20-3/h8-9,11H,5-7H2,1-4H3/t9-,11+/m1/s1. The number of carbonyl (C=O) groups is 1. The molecule has 0 spiro atoms. The van der Waals surface area contributed by atoms with Crippen LogP contribution < -0.4 is 15.3 Å². The van der Waals surface area contributed by atoms with Gasteiger partial charge in [0.1, 0.15) is 0 Å². The summed E-state index contributed by atoms with van der Waals surface area (Å²) in [6.07, 6.45) is 3.01. The van der Waals surface area contributed by atoms with Gasteiger partial charge in [-0.05, 0) is 19.3 Å². The summed E-state index contributed by atoms with van der Waals surface area (Å²) in [6.45, 7) is 0. The molecule has 1 aliphatic carbocycles. The van der Waals surface area contributed by atoms with E-state index in [-0.39, 0.29) is 23.7 Å². The molecule has 1 heterocycles. The van der Waals surface area contributed by atoms with E-state index in [1.165, 1.54) is 20.3 Å². The number of methoxy groups -OCH3 is 3. The van der Waals surface area contributed by atoms with Gasteiger partial charge in [0.2, 0.25) is 11.5 Å². The van der Waals surface area contributed by atoms with Crippen LogP contribution in [0, 0.1) is 0 Å². The normalized spacial score (nSPS) is 20.7. The van der Waals surface area contributed by atoms with Crippen molar-refractivity contribution in [2.75, 3.05) is 33.3 Å². The molecule has 0 N–H and O–H groups in total. The fourth-order valence-electron chi connectivity index (χ4n) is 2.92. The van der Waals surface area contributed by atoms with Crippen molar-refractivity contribution in [3.63, 3.8) is 0 Å². The van der Waals surface area contributed by atoms with Gasteiger partial charge in [-0.15, -0.1) is 0 Å². The lowest BCUT2D eigenvalue weighted by atomic mass is 10.1. The number of rotatable bonds is 5. The third-order valence-electron chi connectivity index (χ3n) is 4.08. The van der Waals surface area contributed by atoms with Gasteiger partial charge in [0.25, 0.3) is 0 Å². The molecule has 22 heavy (non-hydrogen) atoms. The summed E-state index contributed by atoms with van der Waals surface area (Å²) < 4.78 is 20.2. The van der Waals surface area contributed by atoms with E-state index in [0.717, 1.165) is 19.3 Å². The minimum absolute atomic E-state index is 0.0666. The fourth-order valence-corrected chi connectivity index (χ4v) is 2.92. The molecule has 0 aliphatic heterocycles. The molecular weight excluding hydrogens is 290 g/mol. The molecule has 7 heteroatoms. The molecule has 1 fully saturated rings. The smallest absolute Gasteiger partial charge is 0.381 e. The minimum Gasteiger partial charge on any atom is -0.488 e. The van der Waals surface area contributed by atoms with E-state index in [4.69, 9.17) is 13.9 Å². The maximum Gasteiger partial charge on any atom is 0.381 e. The molecule has 122 valence electrons. The second-order valence-corrected chi connectivity index (χ2v) is 5.19. The highest BCUT2D eigenvalue weighted by atomic mass is 16.5. The van der Waals surface area contributed by atoms with E-state index < -0.39 is 11.6 Å². The molecule has 1 aliphatic rings. The molecule has 1 aromatic rings. The van der Waals surface area contributed by atoms with Crippen molar-refractivity contribution in [2.24, 2.45) is 0 Å². The lowest BCUT2D eigenvalue weighted by molar-refractivity contribution is 0.0558. The molecule has 7 nitrogen and oxygen atoms in total. The summed E-state index contributed by atoms with van der Waals surface area (Å²) >= 11 is 0. The zero-order valence-corrected chi connectivity index (χ0v) is 13.3. The highest BCUT2D eigenvalue weighted by Gasteiger charge is 2.33. The zero-order valence-electron chi connectivity index (χ0n) is 13.3. The molecule has 1 saturated carbocycles. The summed E-state index contributed by atoms with van der Waals surface area (Å²) in [4.78, 5) is 25.6. The van der Waals surface area contributed by atoms with Crippen LogP contribution in [0.1, 0.15) is 29.8 Å². The van der Waals surface area contributed by atoms with Gasteiger partial charge in [0.15, 0.2) is 0 Å². The van der Waals surface area contributed by atoms with Gasteiger partial charge < -0.3 is 23.5 Å². The molecule has 0 saturated heterocycles. The van der Waals surface area contributed by atoms with Gasteiger partial charge >= 0.3 is 11.6 Å². The molecule has 2 atom stereocenters. The van der Waals surface area contributed by atoms with Crippen LogP contribution >= 0.6 is 0 Å². The number of hydrogen-bond acceptors (Lipinski definition) is 7. The van der Waals surface area contributed by atoms with Crippen LogP contribution in [0.5, 0.6) is 5.75 Å². The Morgan fingerprint density at radius 1 is 1.32 bits per heavy atom. The molecular formula is C15H21NO6. The van der Waals surface area contributed by atoms with Crippen molar-refractivity contribution in [1.82, 2.24) is 0 Å². The molecule has 0 amide bonds. The Bertz CT molecular complexity index is 596. The Kier molecular flexibility index (Phi) is 5.07. The van der Waals surface area contributed by atoms with Crippen LogP contribution in [-0.2, 0) is 9.47 Å². The first-order chi connectivity index (χ1) is 10.5. The Labute approximate surface area is 128 Å². The number of hydrogen-bond donors (Lipinski definition) is 0. The number of ether oxygens (including phenoxy) is 3. The van der Waals surface area contributed by atoms with Crippen molar-refractivity contribution in [3.05, 3.63) is 22.2 Å². The molecule has 0 radical (unpaired) electrons. The molecule has 0 unspecified atom stereocenters. The zero-order chi connectivity index (χ0) is 16.3. The van der Waals surface area contributed by atoms with E-state index in [1.807, 2.05) is 11.9 Å². The van der Waals surface area contributed by atoms with E-state index >= 15 is 0 Å². The third kappa shape index (κ3) is 2.94. The van der Waals surface area contributed by atoms with Crippen LogP contribution in [0.4, 0.5) is 5.69 Å². The van der Waals surface area contributed by atoms with Crippen molar-refractivity contribution in [3.8, 4) is 5.75 Å². The quantitative estimate of drug-likeness (QED) is 0.761. The summed E-state index contributed by atoms with van der Waals surface area (Å²) in [6, 6.07) is 1.57. The number of nitrogens with zero attached hydrogens (tertiary/aromatic N) is 1. The number of likely N-dealkylation sites (N-methyl/N-ethyl adjacent to an activating group) is 1. The highest BCUT2D eigenvalue weighted by molar-refractivity contribution is 5.87. The van der Waals surface area contributed by atoms with Crippen LogP contribution in [0.15, 0.2) is 15.3 Å². The molecule has 2 rings (SSSR count). The summed E-state index contributed by atoms with van der Waals surface area (Å²) in [5, 5.41) is 0. The van der Waals surface area contributed by atoms with E-state index in [0.29, 0.717) is 5.69 Å². The van der Waals surface area contributed by atoms with Gasteiger partial charge in [0, 0.05) is 20.2 Å². The molecule has 1 aromatic heterocycles. The Hall–Kier alpha value is -2.02. The van der Waals surface area contributed by atoms with E-state index in [2.05, 4.69) is 4.74 Å². The average molecular weight is 311 g/mol. The van der Waals surface area contributed by atoms with Gasteiger partial charge in [-0.25, -0.2) is 9.59 Å². The average Bonchev–Trinajstić information content (AvgIpc) is 3.01. The van der Waals surface area contributed by atoms with Crippen molar-refractivity contribution < 1.29 is 23.4 Å². The van der Waals surface area contributed by atoms with E-state index in [1.54, 1.807) is 7.11 Å². The number of carbonyl (C=O) groups excluding carboxylic acids is 1. The largest absolute Gasteiger partial charge is 0.488 e. The van der Waals surface area contributed by atoms with Crippen LogP contribution in [0.25, 0.3) is 0 Å². The minimum atomic E-state index is -0.709. The van der Waals surface area contributed by atoms with Crippen molar-refractivity contribution >= 4 is 11.7 Å². The highest BCUT2D eigenvalue weighted by Crippen LogP contribution is 2.33.